The molecule has 1 amide bonds. The lowest BCUT2D eigenvalue weighted by Crippen LogP contribution is -2.49. The van der Waals surface area contributed by atoms with Crippen LogP contribution in [0.2, 0.25) is 0 Å². The van der Waals surface area contributed by atoms with Gasteiger partial charge in [0, 0.05) is 12.6 Å². The molecule has 0 aromatic heterocycles. The highest BCUT2D eigenvalue weighted by Crippen LogP contribution is 2.09. The van der Waals surface area contributed by atoms with E-state index in [2.05, 4.69) is 0 Å². The van der Waals surface area contributed by atoms with E-state index in [0.717, 1.165) is 5.56 Å². The van der Waals surface area contributed by atoms with Crippen LogP contribution in [0.4, 0.5) is 0 Å². The van der Waals surface area contributed by atoms with Gasteiger partial charge in [-0.15, -0.1) is 0 Å². The van der Waals surface area contributed by atoms with Gasteiger partial charge in [0.15, 0.2) is 0 Å². The van der Waals surface area contributed by atoms with E-state index in [0.29, 0.717) is 13.0 Å². The number of aliphatic carboxylic acids is 1. The van der Waals surface area contributed by atoms with Crippen LogP contribution < -0.4 is 5.73 Å². The number of carbonyl (C=O) groups is 2. The van der Waals surface area contributed by atoms with Crippen molar-refractivity contribution >= 4 is 11.9 Å². The summed E-state index contributed by atoms with van der Waals surface area (Å²) in [6.45, 7) is 4.01. The van der Waals surface area contributed by atoms with Gasteiger partial charge in [0.2, 0.25) is 5.91 Å². The highest BCUT2D eigenvalue weighted by Gasteiger charge is 2.25. The molecular formula is C15H22N2O3. The molecule has 3 N–H and O–H groups in total. The van der Waals surface area contributed by atoms with E-state index in [1.165, 1.54) is 4.90 Å². The van der Waals surface area contributed by atoms with Gasteiger partial charge in [-0.3, -0.25) is 9.59 Å². The summed E-state index contributed by atoms with van der Waals surface area (Å²) >= 11 is 0. The van der Waals surface area contributed by atoms with Crippen molar-refractivity contribution in [3.8, 4) is 0 Å². The summed E-state index contributed by atoms with van der Waals surface area (Å²) in [6, 6.07) is 8.55. The quantitative estimate of drug-likeness (QED) is 0.786. The lowest BCUT2D eigenvalue weighted by Gasteiger charge is -2.29. The first-order valence-electron chi connectivity index (χ1n) is 6.77. The van der Waals surface area contributed by atoms with Crippen molar-refractivity contribution in [2.45, 2.75) is 38.8 Å². The summed E-state index contributed by atoms with van der Waals surface area (Å²) in [5.74, 6) is -1.12. The van der Waals surface area contributed by atoms with Crippen LogP contribution in [-0.2, 0) is 16.0 Å². The number of carboxylic acid groups (broad SMARTS) is 1. The first kappa shape index (κ1) is 16.2. The van der Waals surface area contributed by atoms with Crippen LogP contribution in [0.1, 0.15) is 25.8 Å². The van der Waals surface area contributed by atoms with Crippen molar-refractivity contribution in [2.24, 2.45) is 5.73 Å². The second-order valence-corrected chi connectivity index (χ2v) is 4.87. The predicted molar refractivity (Wildman–Crippen MR) is 77.2 cm³/mol. The molecule has 0 spiro atoms. The fourth-order valence-corrected chi connectivity index (χ4v) is 2.22. The van der Waals surface area contributed by atoms with Crippen LogP contribution in [-0.4, -0.2) is 40.5 Å². The zero-order valence-electron chi connectivity index (χ0n) is 12.0. The number of hydrogen-bond donors (Lipinski definition) is 2. The SMILES string of the molecule is CCN(C(=O)[C@H](N)Cc1ccccc1)C(C)CC(=O)O. The number of benzene rings is 1. The van der Waals surface area contributed by atoms with Gasteiger partial charge in [-0.2, -0.15) is 0 Å². The highest BCUT2D eigenvalue weighted by molar-refractivity contribution is 5.82. The molecule has 0 aliphatic rings. The molecule has 1 aromatic rings. The Morgan fingerprint density at radius 1 is 1.30 bits per heavy atom. The number of likely N-dealkylation sites (N-methyl/N-ethyl adjacent to an activating group) is 1. The van der Waals surface area contributed by atoms with Gasteiger partial charge in [0.05, 0.1) is 12.5 Å². The molecule has 0 aliphatic heterocycles. The maximum atomic E-state index is 12.3. The maximum absolute atomic E-state index is 12.3. The minimum Gasteiger partial charge on any atom is -0.481 e. The van der Waals surface area contributed by atoms with Gasteiger partial charge in [0.1, 0.15) is 0 Å². The Morgan fingerprint density at radius 2 is 1.90 bits per heavy atom. The zero-order chi connectivity index (χ0) is 15.1. The van der Waals surface area contributed by atoms with E-state index in [-0.39, 0.29) is 18.4 Å². The van der Waals surface area contributed by atoms with Crippen LogP contribution in [0.15, 0.2) is 30.3 Å². The second-order valence-electron chi connectivity index (χ2n) is 4.87. The van der Waals surface area contributed by atoms with Crippen molar-refractivity contribution in [2.75, 3.05) is 6.54 Å². The average molecular weight is 278 g/mol. The largest absolute Gasteiger partial charge is 0.481 e. The van der Waals surface area contributed by atoms with Crippen LogP contribution in [0.5, 0.6) is 0 Å². The Labute approximate surface area is 119 Å². The van der Waals surface area contributed by atoms with E-state index < -0.39 is 12.0 Å². The Kier molecular flexibility index (Phi) is 6.18. The second kappa shape index (κ2) is 7.65. The van der Waals surface area contributed by atoms with Gasteiger partial charge in [-0.05, 0) is 25.8 Å². The lowest BCUT2D eigenvalue weighted by atomic mass is 10.0. The fraction of sp³-hybridized carbons (Fsp3) is 0.467. The molecule has 0 saturated carbocycles. The molecule has 20 heavy (non-hydrogen) atoms. The Bertz CT molecular complexity index is 448. The van der Waals surface area contributed by atoms with E-state index >= 15 is 0 Å². The first-order valence-corrected chi connectivity index (χ1v) is 6.77. The summed E-state index contributed by atoms with van der Waals surface area (Å²) in [4.78, 5) is 24.6. The third-order valence-electron chi connectivity index (χ3n) is 3.24. The van der Waals surface area contributed by atoms with Gasteiger partial charge >= 0.3 is 5.97 Å². The minimum absolute atomic E-state index is 0.0718. The molecule has 0 saturated heterocycles. The standard InChI is InChI=1S/C15H22N2O3/c1-3-17(11(2)9-14(18)19)15(20)13(16)10-12-7-5-4-6-8-12/h4-8,11,13H,3,9-10,16H2,1-2H3,(H,18,19)/t11?,13-/m1/s1. The first-order chi connectivity index (χ1) is 9.45. The zero-order valence-corrected chi connectivity index (χ0v) is 12.0. The highest BCUT2D eigenvalue weighted by atomic mass is 16.4. The molecule has 1 unspecified atom stereocenters. The fourth-order valence-electron chi connectivity index (χ4n) is 2.22. The normalized spacial score (nSPS) is 13.6. The van der Waals surface area contributed by atoms with Gasteiger partial charge < -0.3 is 15.7 Å². The van der Waals surface area contributed by atoms with E-state index in [1.807, 2.05) is 37.3 Å². The summed E-state index contributed by atoms with van der Waals surface area (Å²) in [5, 5.41) is 8.81. The van der Waals surface area contributed by atoms with Crippen molar-refractivity contribution in [1.82, 2.24) is 4.90 Å². The average Bonchev–Trinajstić information content (AvgIpc) is 2.39. The number of nitrogens with two attached hydrogens (primary N) is 1. The molecule has 110 valence electrons. The molecular weight excluding hydrogens is 256 g/mol. The maximum Gasteiger partial charge on any atom is 0.305 e. The van der Waals surface area contributed by atoms with Crippen molar-refractivity contribution in [1.29, 1.82) is 0 Å². The van der Waals surface area contributed by atoms with Crippen LogP contribution >= 0.6 is 0 Å². The Balaban J connectivity index is 2.68. The molecule has 0 heterocycles. The van der Waals surface area contributed by atoms with Gasteiger partial charge in [-0.25, -0.2) is 0 Å². The molecule has 2 atom stereocenters. The predicted octanol–water partition coefficient (Wildman–Crippen LogP) is 1.27. The van der Waals surface area contributed by atoms with Crippen LogP contribution in [0.25, 0.3) is 0 Å². The summed E-state index contributed by atoms with van der Waals surface area (Å²) < 4.78 is 0. The van der Waals surface area contributed by atoms with E-state index in [4.69, 9.17) is 10.8 Å². The van der Waals surface area contributed by atoms with Crippen LogP contribution in [0.3, 0.4) is 0 Å². The summed E-state index contributed by atoms with van der Waals surface area (Å²) in [6.07, 6.45) is 0.383. The van der Waals surface area contributed by atoms with Gasteiger partial charge in [0.25, 0.3) is 0 Å². The molecule has 1 rings (SSSR count). The van der Waals surface area contributed by atoms with Gasteiger partial charge in [-0.1, -0.05) is 30.3 Å². The van der Waals surface area contributed by atoms with E-state index in [1.54, 1.807) is 6.92 Å². The lowest BCUT2D eigenvalue weighted by molar-refractivity contribution is -0.140. The molecule has 0 radical (unpaired) electrons. The number of rotatable bonds is 7. The number of amides is 1. The number of hydrogen-bond acceptors (Lipinski definition) is 3. The monoisotopic (exact) mass is 278 g/mol. The van der Waals surface area contributed by atoms with Crippen molar-refractivity contribution in [3.05, 3.63) is 35.9 Å². The molecule has 5 nitrogen and oxygen atoms in total. The number of carboxylic acids is 1. The molecule has 0 fully saturated rings. The third kappa shape index (κ3) is 4.66. The van der Waals surface area contributed by atoms with Crippen molar-refractivity contribution in [3.63, 3.8) is 0 Å². The number of nitrogens with zero attached hydrogens (tertiary/aromatic N) is 1. The molecule has 5 heteroatoms. The summed E-state index contributed by atoms with van der Waals surface area (Å²) in [5.41, 5.74) is 6.95. The van der Waals surface area contributed by atoms with Crippen molar-refractivity contribution < 1.29 is 14.7 Å². The molecule has 0 aliphatic carbocycles. The topological polar surface area (TPSA) is 83.6 Å². The Morgan fingerprint density at radius 3 is 2.40 bits per heavy atom. The smallest absolute Gasteiger partial charge is 0.305 e. The summed E-state index contributed by atoms with van der Waals surface area (Å²) in [7, 11) is 0. The minimum atomic E-state index is -0.916. The Hall–Kier alpha value is -1.88. The number of carbonyl (C=O) groups excluding carboxylic acids is 1. The third-order valence-corrected chi connectivity index (χ3v) is 3.24. The van der Waals surface area contributed by atoms with E-state index in [9.17, 15) is 9.59 Å². The van der Waals surface area contributed by atoms with Crippen LogP contribution in [0, 0.1) is 0 Å². The molecule has 1 aromatic carbocycles. The molecule has 0 bridgehead atoms.